The summed E-state index contributed by atoms with van der Waals surface area (Å²) in [5.41, 5.74) is 0.235. The molecule has 0 saturated carbocycles. The molecule has 0 spiro atoms. The molecule has 0 atom stereocenters. The van der Waals surface area contributed by atoms with Crippen LogP contribution in [0.3, 0.4) is 0 Å². The Balaban J connectivity index is 1.88. The molecular weight excluding hydrogens is 288 g/mol. The van der Waals surface area contributed by atoms with Crippen molar-refractivity contribution in [1.82, 2.24) is 19.9 Å². The fourth-order valence-corrected chi connectivity index (χ4v) is 3.02. The molecule has 1 amide bonds. The number of nitrogens with zero attached hydrogens (tertiary/aromatic N) is 3. The number of H-pyrrole nitrogens is 1. The van der Waals surface area contributed by atoms with Gasteiger partial charge in [-0.2, -0.15) is 11.8 Å². The maximum absolute atomic E-state index is 12.3. The number of hydrogen-bond acceptors (Lipinski definition) is 5. The molecular formula is C14H14N4O2S. The molecule has 1 saturated heterocycles. The highest BCUT2D eigenvalue weighted by molar-refractivity contribution is 7.99. The molecule has 6 nitrogen and oxygen atoms in total. The summed E-state index contributed by atoms with van der Waals surface area (Å²) in [5.74, 6) is 1.93. The molecule has 1 N–H and O–H groups in total. The number of rotatable bonds is 2. The lowest BCUT2D eigenvalue weighted by Gasteiger charge is -2.25. The van der Waals surface area contributed by atoms with Gasteiger partial charge in [-0.15, -0.1) is 0 Å². The number of carbonyl (C=O) groups excluding carboxylic acids is 1. The van der Waals surface area contributed by atoms with Crippen LogP contribution in [0.5, 0.6) is 0 Å². The predicted molar refractivity (Wildman–Crippen MR) is 81.3 cm³/mol. The Morgan fingerprint density at radius 1 is 1.24 bits per heavy atom. The summed E-state index contributed by atoms with van der Waals surface area (Å²) < 4.78 is 0. The molecule has 0 unspecified atom stereocenters. The van der Waals surface area contributed by atoms with Crippen molar-refractivity contribution in [1.29, 1.82) is 0 Å². The van der Waals surface area contributed by atoms with E-state index in [1.54, 1.807) is 23.2 Å². The fraction of sp³-hybridized carbons (Fsp3) is 0.286. The molecule has 7 heteroatoms. The van der Waals surface area contributed by atoms with E-state index in [2.05, 4.69) is 15.0 Å². The van der Waals surface area contributed by atoms with Gasteiger partial charge in [0.15, 0.2) is 5.82 Å². The van der Waals surface area contributed by atoms with Crippen LogP contribution in [-0.2, 0) is 0 Å². The average Bonchev–Trinajstić information content (AvgIpc) is 2.56. The zero-order valence-electron chi connectivity index (χ0n) is 11.3. The summed E-state index contributed by atoms with van der Waals surface area (Å²) in [5, 5.41) is 0. The first kappa shape index (κ1) is 13.8. The SMILES string of the molecule is O=C(c1cnc(-c2ccccn2)[nH]c1=O)N1CCSCC1. The molecule has 0 bridgehead atoms. The van der Waals surface area contributed by atoms with Crippen molar-refractivity contribution in [3.05, 3.63) is 46.5 Å². The van der Waals surface area contributed by atoms with E-state index in [1.165, 1.54) is 6.20 Å². The molecule has 1 aliphatic heterocycles. The van der Waals surface area contributed by atoms with Crippen LogP contribution in [0.4, 0.5) is 0 Å². The van der Waals surface area contributed by atoms with Crippen molar-refractivity contribution in [3.8, 4) is 11.5 Å². The van der Waals surface area contributed by atoms with Crippen LogP contribution in [0.25, 0.3) is 11.5 Å². The number of thioether (sulfide) groups is 1. The first-order valence-electron chi connectivity index (χ1n) is 6.63. The van der Waals surface area contributed by atoms with E-state index in [9.17, 15) is 9.59 Å². The molecule has 2 aromatic rings. The molecule has 2 aromatic heterocycles. The minimum atomic E-state index is -0.422. The fourth-order valence-electron chi connectivity index (χ4n) is 2.12. The number of aromatic nitrogens is 3. The Hall–Kier alpha value is -2.15. The number of pyridine rings is 1. The standard InChI is InChI=1S/C14H14N4O2S/c19-13-10(14(20)18-5-7-21-8-6-18)9-16-12(17-13)11-3-1-2-4-15-11/h1-4,9H,5-8H2,(H,16,17,19). The zero-order chi connectivity index (χ0) is 14.7. The lowest BCUT2D eigenvalue weighted by molar-refractivity contribution is 0.0770. The maximum Gasteiger partial charge on any atom is 0.264 e. The van der Waals surface area contributed by atoms with Gasteiger partial charge in [0.25, 0.3) is 11.5 Å². The van der Waals surface area contributed by atoms with Crippen LogP contribution in [0, 0.1) is 0 Å². The second-order valence-corrected chi connectivity index (χ2v) is 5.82. The Morgan fingerprint density at radius 3 is 2.71 bits per heavy atom. The highest BCUT2D eigenvalue weighted by Gasteiger charge is 2.21. The van der Waals surface area contributed by atoms with Crippen LogP contribution in [0.1, 0.15) is 10.4 Å². The van der Waals surface area contributed by atoms with Crippen molar-refractivity contribution in [2.75, 3.05) is 24.6 Å². The van der Waals surface area contributed by atoms with E-state index in [-0.39, 0.29) is 11.5 Å². The van der Waals surface area contributed by atoms with Crippen LogP contribution < -0.4 is 5.56 Å². The van der Waals surface area contributed by atoms with Crippen molar-refractivity contribution >= 4 is 17.7 Å². The summed E-state index contributed by atoms with van der Waals surface area (Å²) in [6, 6.07) is 5.35. The van der Waals surface area contributed by atoms with Gasteiger partial charge in [-0.25, -0.2) is 4.98 Å². The van der Waals surface area contributed by atoms with Crippen LogP contribution >= 0.6 is 11.8 Å². The molecule has 1 fully saturated rings. The van der Waals surface area contributed by atoms with Crippen LogP contribution in [0.15, 0.2) is 35.4 Å². The number of nitrogens with one attached hydrogen (secondary N) is 1. The second kappa shape index (κ2) is 6.09. The van der Waals surface area contributed by atoms with E-state index in [0.29, 0.717) is 24.6 Å². The summed E-state index contributed by atoms with van der Waals surface area (Å²) in [4.78, 5) is 37.0. The van der Waals surface area contributed by atoms with Gasteiger partial charge in [0.1, 0.15) is 11.3 Å². The Labute approximate surface area is 125 Å². The quantitative estimate of drug-likeness (QED) is 0.896. The second-order valence-electron chi connectivity index (χ2n) is 4.59. The van der Waals surface area contributed by atoms with Crippen molar-refractivity contribution in [2.24, 2.45) is 0 Å². The van der Waals surface area contributed by atoms with E-state index < -0.39 is 5.56 Å². The molecule has 3 heterocycles. The monoisotopic (exact) mass is 302 g/mol. The lowest BCUT2D eigenvalue weighted by atomic mass is 10.2. The van der Waals surface area contributed by atoms with Gasteiger partial charge in [-0.05, 0) is 12.1 Å². The Bertz CT molecular complexity index is 696. The topological polar surface area (TPSA) is 79.0 Å². The molecule has 108 valence electrons. The average molecular weight is 302 g/mol. The summed E-state index contributed by atoms with van der Waals surface area (Å²) in [6.45, 7) is 1.34. The zero-order valence-corrected chi connectivity index (χ0v) is 12.1. The lowest BCUT2D eigenvalue weighted by Crippen LogP contribution is -2.40. The van der Waals surface area contributed by atoms with E-state index in [1.807, 2.05) is 17.8 Å². The Morgan fingerprint density at radius 2 is 2.05 bits per heavy atom. The third-order valence-corrected chi connectivity index (χ3v) is 4.18. The molecule has 0 aliphatic carbocycles. The Kier molecular flexibility index (Phi) is 4.01. The van der Waals surface area contributed by atoms with Crippen LogP contribution in [-0.4, -0.2) is 50.4 Å². The molecule has 1 aliphatic rings. The van der Waals surface area contributed by atoms with E-state index >= 15 is 0 Å². The highest BCUT2D eigenvalue weighted by atomic mass is 32.2. The van der Waals surface area contributed by atoms with E-state index in [0.717, 1.165) is 11.5 Å². The highest BCUT2D eigenvalue weighted by Crippen LogP contribution is 2.12. The molecule has 21 heavy (non-hydrogen) atoms. The smallest absolute Gasteiger partial charge is 0.264 e. The first-order chi connectivity index (χ1) is 10.3. The summed E-state index contributed by atoms with van der Waals surface area (Å²) >= 11 is 1.81. The van der Waals surface area contributed by atoms with Crippen molar-refractivity contribution in [3.63, 3.8) is 0 Å². The summed E-state index contributed by atoms with van der Waals surface area (Å²) in [6.07, 6.45) is 2.97. The van der Waals surface area contributed by atoms with Gasteiger partial charge in [0, 0.05) is 37.0 Å². The predicted octanol–water partition coefficient (Wildman–Crippen LogP) is 1.02. The largest absolute Gasteiger partial charge is 0.337 e. The number of carbonyl (C=O) groups is 1. The number of amides is 1. The molecule has 0 radical (unpaired) electrons. The van der Waals surface area contributed by atoms with Gasteiger partial charge >= 0.3 is 0 Å². The molecule has 3 rings (SSSR count). The van der Waals surface area contributed by atoms with Gasteiger partial charge in [0.2, 0.25) is 0 Å². The van der Waals surface area contributed by atoms with E-state index in [4.69, 9.17) is 0 Å². The normalized spacial score (nSPS) is 15.0. The third kappa shape index (κ3) is 2.97. The maximum atomic E-state index is 12.3. The third-order valence-electron chi connectivity index (χ3n) is 3.24. The minimum absolute atomic E-state index is 0.0848. The van der Waals surface area contributed by atoms with Gasteiger partial charge < -0.3 is 9.88 Å². The van der Waals surface area contributed by atoms with Crippen molar-refractivity contribution in [2.45, 2.75) is 0 Å². The van der Waals surface area contributed by atoms with Crippen LogP contribution in [0.2, 0.25) is 0 Å². The van der Waals surface area contributed by atoms with Crippen molar-refractivity contribution < 1.29 is 4.79 Å². The first-order valence-corrected chi connectivity index (χ1v) is 7.79. The van der Waals surface area contributed by atoms with Gasteiger partial charge in [0.05, 0.1) is 0 Å². The van der Waals surface area contributed by atoms with Gasteiger partial charge in [-0.1, -0.05) is 6.07 Å². The molecule has 0 aromatic carbocycles. The minimum Gasteiger partial charge on any atom is -0.337 e. The van der Waals surface area contributed by atoms with Gasteiger partial charge in [-0.3, -0.25) is 14.6 Å². The summed E-state index contributed by atoms with van der Waals surface area (Å²) in [7, 11) is 0. The number of aromatic amines is 1. The number of hydrogen-bond donors (Lipinski definition) is 1.